The van der Waals surface area contributed by atoms with Gasteiger partial charge in [0, 0.05) is 6.07 Å². The van der Waals surface area contributed by atoms with Crippen LogP contribution in [0.4, 0.5) is 0 Å². The van der Waals surface area contributed by atoms with Crippen molar-refractivity contribution in [2.75, 3.05) is 13.9 Å². The van der Waals surface area contributed by atoms with E-state index in [4.69, 9.17) is 23.7 Å². The minimum atomic E-state index is -0.511. The molecular weight excluding hydrogens is 400 g/mol. The van der Waals surface area contributed by atoms with Gasteiger partial charge in [0.2, 0.25) is 12.6 Å². The van der Waals surface area contributed by atoms with Gasteiger partial charge in [0.25, 0.3) is 0 Å². The fourth-order valence-corrected chi connectivity index (χ4v) is 3.27. The summed E-state index contributed by atoms with van der Waals surface area (Å²) in [6, 6.07) is 16.7. The van der Waals surface area contributed by atoms with E-state index in [1.807, 2.05) is 0 Å². The number of ether oxygens (including phenoxy) is 5. The molecule has 154 valence electrons. The van der Waals surface area contributed by atoms with Gasteiger partial charge in [-0.25, -0.2) is 4.79 Å². The number of carbonyl (C=O) groups is 2. The maximum absolute atomic E-state index is 12.5. The quantitative estimate of drug-likeness (QED) is 0.357. The van der Waals surface area contributed by atoms with Crippen LogP contribution >= 0.6 is 0 Å². The van der Waals surface area contributed by atoms with Crippen molar-refractivity contribution in [1.82, 2.24) is 0 Å². The first-order valence-corrected chi connectivity index (χ1v) is 9.45. The monoisotopic (exact) mass is 416 g/mol. The highest BCUT2D eigenvalue weighted by atomic mass is 16.7. The molecule has 3 aromatic rings. The summed E-state index contributed by atoms with van der Waals surface area (Å²) in [5.41, 5.74) is 1.57. The van der Waals surface area contributed by atoms with Gasteiger partial charge in [-0.1, -0.05) is 12.1 Å². The van der Waals surface area contributed by atoms with Gasteiger partial charge in [-0.2, -0.15) is 0 Å². The first-order chi connectivity index (χ1) is 15.1. The second-order valence-electron chi connectivity index (χ2n) is 6.83. The molecule has 0 aromatic heterocycles. The van der Waals surface area contributed by atoms with Crippen LogP contribution < -0.4 is 23.7 Å². The maximum Gasteiger partial charge on any atom is 0.343 e. The Hall–Kier alpha value is -4.26. The summed E-state index contributed by atoms with van der Waals surface area (Å²) in [6.45, 7) is 0.135. The van der Waals surface area contributed by atoms with Gasteiger partial charge < -0.3 is 23.7 Å². The number of rotatable bonds is 4. The fourth-order valence-electron chi connectivity index (χ4n) is 3.27. The molecule has 31 heavy (non-hydrogen) atoms. The van der Waals surface area contributed by atoms with Crippen molar-refractivity contribution in [3.63, 3.8) is 0 Å². The zero-order valence-corrected chi connectivity index (χ0v) is 16.4. The lowest BCUT2D eigenvalue weighted by Gasteiger charge is -2.06. The number of hydrogen-bond acceptors (Lipinski definition) is 7. The number of hydrogen-bond donors (Lipinski definition) is 0. The van der Waals surface area contributed by atoms with Crippen molar-refractivity contribution in [3.8, 4) is 28.7 Å². The maximum atomic E-state index is 12.5. The normalized spacial score (nSPS) is 14.9. The summed E-state index contributed by atoms with van der Waals surface area (Å²) < 4.78 is 26.8. The smallest absolute Gasteiger partial charge is 0.343 e. The van der Waals surface area contributed by atoms with Crippen LogP contribution in [0.3, 0.4) is 0 Å². The number of carbonyl (C=O) groups excluding carboxylic acids is 2. The zero-order valence-electron chi connectivity index (χ0n) is 16.4. The molecule has 0 radical (unpaired) electrons. The Kier molecular flexibility index (Phi) is 4.55. The van der Waals surface area contributed by atoms with Crippen molar-refractivity contribution in [3.05, 3.63) is 83.1 Å². The lowest BCUT2D eigenvalue weighted by molar-refractivity contribution is 0.0734. The van der Waals surface area contributed by atoms with Crippen LogP contribution in [0.1, 0.15) is 26.3 Å². The Morgan fingerprint density at radius 1 is 0.903 bits per heavy atom. The zero-order chi connectivity index (χ0) is 21.4. The predicted molar refractivity (Wildman–Crippen MR) is 110 cm³/mol. The Morgan fingerprint density at radius 3 is 2.48 bits per heavy atom. The average Bonchev–Trinajstić information content (AvgIpc) is 3.38. The van der Waals surface area contributed by atoms with Gasteiger partial charge in [0.15, 0.2) is 17.3 Å². The van der Waals surface area contributed by atoms with E-state index in [1.54, 1.807) is 73.8 Å². The van der Waals surface area contributed by atoms with E-state index in [9.17, 15) is 9.59 Å². The van der Waals surface area contributed by atoms with Crippen LogP contribution in [0.25, 0.3) is 6.08 Å². The molecule has 7 nitrogen and oxygen atoms in total. The van der Waals surface area contributed by atoms with Crippen LogP contribution in [-0.4, -0.2) is 25.7 Å². The number of allylic oxidation sites excluding steroid dienone is 1. The lowest BCUT2D eigenvalue weighted by atomic mass is 10.1. The van der Waals surface area contributed by atoms with E-state index in [2.05, 4.69) is 0 Å². The van der Waals surface area contributed by atoms with Gasteiger partial charge >= 0.3 is 5.97 Å². The fraction of sp³-hybridized carbons (Fsp3) is 0.0833. The minimum absolute atomic E-state index is 0.135. The summed E-state index contributed by atoms with van der Waals surface area (Å²) in [6.07, 6.45) is 1.64. The lowest BCUT2D eigenvalue weighted by Crippen LogP contribution is -2.08. The molecule has 0 amide bonds. The summed E-state index contributed by atoms with van der Waals surface area (Å²) in [5.74, 6) is 2.06. The highest BCUT2D eigenvalue weighted by Gasteiger charge is 2.27. The molecule has 0 N–H and O–H groups in total. The second-order valence-corrected chi connectivity index (χ2v) is 6.83. The molecule has 0 saturated carbocycles. The number of esters is 1. The van der Waals surface area contributed by atoms with Crippen LogP contribution in [0, 0.1) is 0 Å². The first kappa shape index (κ1) is 18.7. The third-order valence-corrected chi connectivity index (χ3v) is 4.87. The molecular formula is C24H16O7. The van der Waals surface area contributed by atoms with Crippen molar-refractivity contribution < 1.29 is 33.3 Å². The molecule has 2 aliphatic rings. The van der Waals surface area contributed by atoms with Gasteiger partial charge in [0.05, 0.1) is 18.2 Å². The molecule has 7 heteroatoms. The van der Waals surface area contributed by atoms with E-state index < -0.39 is 5.97 Å². The third kappa shape index (κ3) is 3.57. The van der Waals surface area contributed by atoms with Crippen LogP contribution in [0.15, 0.2) is 66.4 Å². The van der Waals surface area contributed by atoms with Crippen molar-refractivity contribution in [2.45, 2.75) is 0 Å². The van der Waals surface area contributed by atoms with E-state index >= 15 is 0 Å². The molecule has 0 aliphatic carbocycles. The van der Waals surface area contributed by atoms with E-state index in [0.29, 0.717) is 39.9 Å². The Balaban J connectivity index is 1.29. The first-order valence-electron chi connectivity index (χ1n) is 9.45. The summed E-state index contributed by atoms with van der Waals surface area (Å²) in [7, 11) is 1.55. The van der Waals surface area contributed by atoms with Gasteiger partial charge in [-0.3, -0.25) is 4.79 Å². The highest BCUT2D eigenvalue weighted by Crippen LogP contribution is 2.35. The summed E-state index contributed by atoms with van der Waals surface area (Å²) in [4.78, 5) is 24.9. The average molecular weight is 416 g/mol. The van der Waals surface area contributed by atoms with E-state index in [0.717, 1.165) is 5.56 Å². The molecule has 2 heterocycles. The second kappa shape index (κ2) is 7.53. The molecule has 0 spiro atoms. The Bertz CT molecular complexity index is 1230. The van der Waals surface area contributed by atoms with E-state index in [-0.39, 0.29) is 18.3 Å². The standard InChI is InChI=1S/C24H16O7/c1-27-17-7-8-18-20(12-17)31-22(23(18)25)10-14-2-5-16(6-3-14)30-24(26)15-4-9-19-21(11-15)29-13-28-19/h2-12H,13H2,1H3/b22-10-. The Labute approximate surface area is 177 Å². The summed E-state index contributed by atoms with van der Waals surface area (Å²) in [5, 5.41) is 0. The topological polar surface area (TPSA) is 80.3 Å². The third-order valence-electron chi connectivity index (χ3n) is 4.87. The van der Waals surface area contributed by atoms with Crippen LogP contribution in [0.5, 0.6) is 28.7 Å². The molecule has 0 atom stereocenters. The van der Waals surface area contributed by atoms with Crippen molar-refractivity contribution >= 4 is 17.8 Å². The highest BCUT2D eigenvalue weighted by molar-refractivity contribution is 6.14. The molecule has 2 aliphatic heterocycles. The minimum Gasteiger partial charge on any atom is -0.497 e. The van der Waals surface area contributed by atoms with Crippen molar-refractivity contribution in [1.29, 1.82) is 0 Å². The van der Waals surface area contributed by atoms with Gasteiger partial charge in [-0.15, -0.1) is 0 Å². The molecule has 0 fully saturated rings. The Morgan fingerprint density at radius 2 is 1.68 bits per heavy atom. The van der Waals surface area contributed by atoms with E-state index in [1.165, 1.54) is 0 Å². The number of benzene rings is 3. The molecule has 5 rings (SSSR count). The largest absolute Gasteiger partial charge is 0.497 e. The number of ketones is 1. The van der Waals surface area contributed by atoms with Crippen LogP contribution in [-0.2, 0) is 0 Å². The number of Topliss-reactive ketones (excluding diaryl/α,β-unsaturated/α-hetero) is 1. The predicted octanol–water partition coefficient (Wildman–Crippen LogP) is 4.26. The van der Waals surface area contributed by atoms with Crippen LogP contribution in [0.2, 0.25) is 0 Å². The summed E-state index contributed by atoms with van der Waals surface area (Å²) >= 11 is 0. The van der Waals surface area contributed by atoms with Gasteiger partial charge in [-0.05, 0) is 54.1 Å². The molecule has 3 aromatic carbocycles. The SMILES string of the molecule is COc1ccc2c(c1)O/C(=C\c1ccc(OC(=O)c3ccc4c(c3)OCO4)cc1)C2=O. The van der Waals surface area contributed by atoms with Crippen molar-refractivity contribution in [2.24, 2.45) is 0 Å². The number of methoxy groups -OCH3 is 1. The molecule has 0 bridgehead atoms. The molecule has 0 unspecified atom stereocenters. The number of fused-ring (bicyclic) bond motifs is 2. The van der Waals surface area contributed by atoms with Gasteiger partial charge in [0.1, 0.15) is 17.2 Å². The molecule has 0 saturated heterocycles.